The molecule has 0 fully saturated rings. The molecule has 0 bridgehead atoms. The summed E-state index contributed by atoms with van der Waals surface area (Å²) < 4.78 is 1.14. The molecule has 0 spiro atoms. The number of Topliss-reactive ketones (excluding diaryl/α,β-unsaturated/α-hetero) is 1. The van der Waals surface area contributed by atoms with Crippen LogP contribution >= 0.6 is 0 Å². The van der Waals surface area contributed by atoms with Crippen molar-refractivity contribution in [2.75, 3.05) is 0 Å². The molecule has 17 heavy (non-hydrogen) atoms. The highest BCUT2D eigenvalue weighted by molar-refractivity contribution is 6.43. The highest BCUT2D eigenvalue weighted by Gasteiger charge is 2.20. The number of ketones is 1. The van der Waals surface area contributed by atoms with Gasteiger partial charge in [0, 0.05) is 11.3 Å². The van der Waals surface area contributed by atoms with Gasteiger partial charge in [0.15, 0.2) is 0 Å². The first kappa shape index (κ1) is 11.3. The van der Waals surface area contributed by atoms with Gasteiger partial charge in [-0.15, -0.1) is 0 Å². The Morgan fingerprint density at radius 2 is 1.76 bits per heavy atom. The summed E-state index contributed by atoms with van der Waals surface area (Å²) in [5.41, 5.74) is 1.76. The van der Waals surface area contributed by atoms with E-state index in [1.807, 2.05) is 0 Å². The molecule has 0 aliphatic heterocycles. The minimum Gasteiger partial charge on any atom is -0.283 e. The van der Waals surface area contributed by atoms with E-state index < -0.39 is 11.7 Å². The maximum absolute atomic E-state index is 11.9. The van der Waals surface area contributed by atoms with Crippen LogP contribution in [0.15, 0.2) is 36.4 Å². The van der Waals surface area contributed by atoms with Crippen LogP contribution in [-0.4, -0.2) is 21.5 Å². The number of benzene rings is 1. The zero-order chi connectivity index (χ0) is 12.4. The van der Waals surface area contributed by atoms with Crippen molar-refractivity contribution in [2.45, 2.75) is 13.8 Å². The number of carbonyl (C=O) groups is 2. The summed E-state index contributed by atoms with van der Waals surface area (Å²) in [6, 6.07) is 10.2. The molecule has 1 aromatic carbocycles. The van der Waals surface area contributed by atoms with Gasteiger partial charge >= 0.3 is 5.91 Å². The Labute approximate surface area is 98.9 Å². The number of rotatable bonds is 2. The number of hydrogen-bond donors (Lipinski definition) is 0. The predicted molar refractivity (Wildman–Crippen MR) is 63.1 cm³/mol. The summed E-state index contributed by atoms with van der Waals surface area (Å²) in [6.07, 6.45) is 0. The van der Waals surface area contributed by atoms with E-state index in [-0.39, 0.29) is 0 Å². The quantitative estimate of drug-likeness (QED) is 0.583. The lowest BCUT2D eigenvalue weighted by atomic mass is 10.1. The molecule has 4 heteroatoms. The van der Waals surface area contributed by atoms with E-state index in [0.29, 0.717) is 11.3 Å². The van der Waals surface area contributed by atoms with Crippen LogP contribution in [0, 0.1) is 13.8 Å². The molecule has 2 aromatic rings. The molecule has 86 valence electrons. The van der Waals surface area contributed by atoms with Gasteiger partial charge in [-0.25, -0.2) is 0 Å². The third kappa shape index (κ3) is 2.15. The number of aromatic nitrogens is 2. The van der Waals surface area contributed by atoms with Crippen molar-refractivity contribution in [1.82, 2.24) is 9.78 Å². The zero-order valence-corrected chi connectivity index (χ0v) is 9.68. The molecular formula is C13H12N2O2. The minimum atomic E-state index is -0.623. The molecule has 2 rings (SSSR count). The molecular weight excluding hydrogens is 216 g/mol. The third-order valence-electron chi connectivity index (χ3n) is 2.43. The molecule has 4 nitrogen and oxygen atoms in total. The zero-order valence-electron chi connectivity index (χ0n) is 9.68. The summed E-state index contributed by atoms with van der Waals surface area (Å²) in [5.74, 6) is -1.17. The first-order valence-corrected chi connectivity index (χ1v) is 5.27. The van der Waals surface area contributed by atoms with E-state index in [1.54, 1.807) is 50.2 Å². The fraction of sp³-hybridized carbons (Fsp3) is 0.154. The Morgan fingerprint density at radius 1 is 1.12 bits per heavy atom. The highest BCUT2D eigenvalue weighted by atomic mass is 16.2. The van der Waals surface area contributed by atoms with Gasteiger partial charge in [0.25, 0.3) is 5.78 Å². The first-order valence-electron chi connectivity index (χ1n) is 5.27. The number of nitrogens with zero attached hydrogens (tertiary/aromatic N) is 2. The van der Waals surface area contributed by atoms with Crippen LogP contribution in [-0.2, 0) is 0 Å². The maximum Gasteiger partial charge on any atom is 0.319 e. The van der Waals surface area contributed by atoms with Crippen molar-refractivity contribution in [3.63, 3.8) is 0 Å². The second-order valence-corrected chi connectivity index (χ2v) is 3.84. The molecule has 0 aliphatic carbocycles. The third-order valence-corrected chi connectivity index (χ3v) is 2.43. The Bertz CT molecular complexity index is 570. The molecule has 0 atom stereocenters. The molecule has 0 saturated carbocycles. The van der Waals surface area contributed by atoms with Crippen molar-refractivity contribution < 1.29 is 9.59 Å². The Kier molecular flexibility index (Phi) is 2.87. The summed E-state index contributed by atoms with van der Waals surface area (Å²) in [5, 5.41) is 4.00. The fourth-order valence-corrected chi connectivity index (χ4v) is 1.64. The van der Waals surface area contributed by atoms with Gasteiger partial charge in [-0.2, -0.15) is 9.78 Å². The Morgan fingerprint density at radius 3 is 2.29 bits per heavy atom. The van der Waals surface area contributed by atoms with Crippen molar-refractivity contribution in [2.24, 2.45) is 0 Å². The van der Waals surface area contributed by atoms with E-state index in [0.717, 1.165) is 10.4 Å². The number of carbonyl (C=O) groups excluding carboxylic acids is 2. The minimum absolute atomic E-state index is 0.380. The average Bonchev–Trinajstić information content (AvgIpc) is 2.68. The largest absolute Gasteiger partial charge is 0.319 e. The molecule has 1 heterocycles. The van der Waals surface area contributed by atoms with E-state index in [9.17, 15) is 9.59 Å². The van der Waals surface area contributed by atoms with Gasteiger partial charge in [0.1, 0.15) is 0 Å². The standard InChI is InChI=1S/C13H12N2O2/c1-9-8-10(2)15(14-9)13(17)12(16)11-6-4-3-5-7-11/h3-8H,1-2H3. The summed E-state index contributed by atoms with van der Waals surface area (Å²) in [6.45, 7) is 3.53. The van der Waals surface area contributed by atoms with Gasteiger partial charge in [0.05, 0.1) is 5.69 Å². The predicted octanol–water partition coefficient (Wildman–Crippen LogP) is 2.02. The topological polar surface area (TPSA) is 52.0 Å². The fourth-order valence-electron chi connectivity index (χ4n) is 1.64. The molecule has 0 unspecified atom stereocenters. The van der Waals surface area contributed by atoms with Gasteiger partial charge in [-0.1, -0.05) is 30.3 Å². The van der Waals surface area contributed by atoms with E-state index in [1.165, 1.54) is 0 Å². The smallest absolute Gasteiger partial charge is 0.283 e. The van der Waals surface area contributed by atoms with E-state index in [4.69, 9.17) is 0 Å². The summed E-state index contributed by atoms with van der Waals surface area (Å²) in [4.78, 5) is 23.8. The second-order valence-electron chi connectivity index (χ2n) is 3.84. The van der Waals surface area contributed by atoms with Gasteiger partial charge in [-0.05, 0) is 19.9 Å². The lowest BCUT2D eigenvalue weighted by Gasteiger charge is -2.01. The summed E-state index contributed by atoms with van der Waals surface area (Å²) >= 11 is 0. The molecule has 1 aromatic heterocycles. The van der Waals surface area contributed by atoms with Gasteiger partial charge in [-0.3, -0.25) is 9.59 Å². The molecule has 0 radical (unpaired) electrons. The van der Waals surface area contributed by atoms with Crippen LogP contribution in [0.5, 0.6) is 0 Å². The molecule has 0 N–H and O–H groups in total. The molecule has 0 saturated heterocycles. The normalized spacial score (nSPS) is 10.2. The van der Waals surface area contributed by atoms with Crippen LogP contribution in [0.2, 0.25) is 0 Å². The number of aryl methyl sites for hydroxylation is 2. The summed E-state index contributed by atoms with van der Waals surface area (Å²) in [7, 11) is 0. The maximum atomic E-state index is 11.9. The van der Waals surface area contributed by atoms with Crippen molar-refractivity contribution in [3.8, 4) is 0 Å². The van der Waals surface area contributed by atoms with Crippen LogP contribution in [0.1, 0.15) is 26.5 Å². The van der Waals surface area contributed by atoms with E-state index >= 15 is 0 Å². The van der Waals surface area contributed by atoms with Crippen molar-refractivity contribution >= 4 is 11.7 Å². The van der Waals surface area contributed by atoms with Crippen molar-refractivity contribution in [3.05, 3.63) is 53.3 Å². The monoisotopic (exact) mass is 228 g/mol. The van der Waals surface area contributed by atoms with Crippen LogP contribution < -0.4 is 0 Å². The van der Waals surface area contributed by atoms with Crippen LogP contribution in [0.4, 0.5) is 0 Å². The molecule has 0 aliphatic rings. The Hall–Kier alpha value is -2.23. The average molecular weight is 228 g/mol. The Balaban J connectivity index is 2.33. The number of hydrogen-bond acceptors (Lipinski definition) is 3. The van der Waals surface area contributed by atoms with Gasteiger partial charge in [0.2, 0.25) is 0 Å². The SMILES string of the molecule is Cc1cc(C)n(C(=O)C(=O)c2ccccc2)n1. The lowest BCUT2D eigenvalue weighted by Crippen LogP contribution is -2.24. The highest BCUT2D eigenvalue weighted by Crippen LogP contribution is 2.06. The molecule has 0 amide bonds. The van der Waals surface area contributed by atoms with Crippen molar-refractivity contribution in [1.29, 1.82) is 0 Å². The second kappa shape index (κ2) is 4.33. The van der Waals surface area contributed by atoms with Crippen LogP contribution in [0.3, 0.4) is 0 Å². The van der Waals surface area contributed by atoms with Gasteiger partial charge < -0.3 is 0 Å². The lowest BCUT2D eigenvalue weighted by molar-refractivity contribution is 0.0752. The van der Waals surface area contributed by atoms with Crippen LogP contribution in [0.25, 0.3) is 0 Å². The first-order chi connectivity index (χ1) is 8.09. The van der Waals surface area contributed by atoms with E-state index in [2.05, 4.69) is 5.10 Å².